The first kappa shape index (κ1) is 14.4. The van der Waals surface area contributed by atoms with Crippen LogP contribution in [0.15, 0.2) is 17.3 Å². The van der Waals surface area contributed by atoms with Gasteiger partial charge in [0.05, 0.1) is 12.3 Å². The van der Waals surface area contributed by atoms with E-state index in [1.807, 2.05) is 6.92 Å². The van der Waals surface area contributed by atoms with Crippen molar-refractivity contribution in [3.63, 3.8) is 0 Å². The SMILES string of the molecule is CCn1cc(S(=O)(=O)N2CC[C@H](CO)[C@H](O)C2)cn1. The van der Waals surface area contributed by atoms with E-state index in [9.17, 15) is 13.5 Å². The Hall–Kier alpha value is -0.960. The van der Waals surface area contributed by atoms with E-state index in [1.54, 1.807) is 4.68 Å². The fourth-order valence-corrected chi connectivity index (χ4v) is 3.61. The van der Waals surface area contributed by atoms with Crippen LogP contribution in [0.1, 0.15) is 13.3 Å². The van der Waals surface area contributed by atoms with Crippen LogP contribution in [0.2, 0.25) is 0 Å². The zero-order chi connectivity index (χ0) is 14.0. The summed E-state index contributed by atoms with van der Waals surface area (Å²) in [4.78, 5) is 0.143. The highest BCUT2D eigenvalue weighted by atomic mass is 32.2. The average molecular weight is 289 g/mol. The molecule has 0 radical (unpaired) electrons. The molecule has 0 bridgehead atoms. The van der Waals surface area contributed by atoms with Crippen molar-refractivity contribution in [2.45, 2.75) is 30.9 Å². The van der Waals surface area contributed by atoms with Crippen LogP contribution < -0.4 is 0 Å². The van der Waals surface area contributed by atoms with Crippen molar-refractivity contribution in [1.29, 1.82) is 0 Å². The molecule has 0 unspecified atom stereocenters. The van der Waals surface area contributed by atoms with Gasteiger partial charge in [-0.05, 0) is 13.3 Å². The summed E-state index contributed by atoms with van der Waals surface area (Å²) in [5.41, 5.74) is 0. The van der Waals surface area contributed by atoms with E-state index in [1.165, 1.54) is 16.7 Å². The van der Waals surface area contributed by atoms with Crippen LogP contribution in [0.25, 0.3) is 0 Å². The van der Waals surface area contributed by atoms with Gasteiger partial charge in [0.25, 0.3) is 0 Å². The third-order valence-corrected chi connectivity index (χ3v) is 5.31. The molecule has 1 aromatic rings. The maximum atomic E-state index is 12.4. The molecule has 19 heavy (non-hydrogen) atoms. The number of hydrogen-bond donors (Lipinski definition) is 2. The number of aliphatic hydroxyl groups excluding tert-OH is 2. The summed E-state index contributed by atoms with van der Waals surface area (Å²) < 4.78 is 27.5. The molecule has 8 heteroatoms. The summed E-state index contributed by atoms with van der Waals surface area (Å²) in [5.74, 6) is -0.246. The molecule has 0 amide bonds. The van der Waals surface area contributed by atoms with E-state index in [4.69, 9.17) is 5.11 Å². The minimum atomic E-state index is -3.61. The predicted octanol–water partition coefficient (Wildman–Crippen LogP) is -0.733. The van der Waals surface area contributed by atoms with E-state index < -0.39 is 16.1 Å². The fraction of sp³-hybridized carbons (Fsp3) is 0.727. The van der Waals surface area contributed by atoms with E-state index in [0.717, 1.165) is 0 Å². The van der Waals surface area contributed by atoms with Gasteiger partial charge in [-0.25, -0.2) is 8.42 Å². The highest BCUT2D eigenvalue weighted by Gasteiger charge is 2.34. The number of sulfonamides is 1. The first-order valence-electron chi connectivity index (χ1n) is 6.30. The molecule has 1 aliphatic heterocycles. The summed E-state index contributed by atoms with van der Waals surface area (Å²) in [6.45, 7) is 2.68. The first-order valence-corrected chi connectivity index (χ1v) is 7.74. The summed E-state index contributed by atoms with van der Waals surface area (Å²) in [7, 11) is -3.61. The Bertz CT molecular complexity index is 528. The predicted molar refractivity (Wildman–Crippen MR) is 67.9 cm³/mol. The van der Waals surface area contributed by atoms with Gasteiger partial charge in [-0.1, -0.05) is 0 Å². The van der Waals surface area contributed by atoms with Crippen LogP contribution in [0, 0.1) is 5.92 Å². The maximum absolute atomic E-state index is 12.4. The fourth-order valence-electron chi connectivity index (χ4n) is 2.18. The van der Waals surface area contributed by atoms with Crippen molar-refractivity contribution < 1.29 is 18.6 Å². The van der Waals surface area contributed by atoms with Crippen molar-refractivity contribution in [1.82, 2.24) is 14.1 Å². The van der Waals surface area contributed by atoms with Gasteiger partial charge in [-0.3, -0.25) is 4.68 Å². The minimum Gasteiger partial charge on any atom is -0.396 e. The van der Waals surface area contributed by atoms with Crippen LogP contribution in [-0.2, 0) is 16.6 Å². The van der Waals surface area contributed by atoms with Gasteiger partial charge < -0.3 is 10.2 Å². The van der Waals surface area contributed by atoms with Crippen molar-refractivity contribution in [2.75, 3.05) is 19.7 Å². The summed E-state index contributed by atoms with van der Waals surface area (Å²) >= 11 is 0. The molecule has 2 rings (SSSR count). The summed E-state index contributed by atoms with van der Waals surface area (Å²) in [6, 6.07) is 0. The van der Waals surface area contributed by atoms with E-state index in [-0.39, 0.29) is 24.0 Å². The molecule has 7 nitrogen and oxygen atoms in total. The van der Waals surface area contributed by atoms with Crippen molar-refractivity contribution >= 4 is 10.0 Å². The third-order valence-electron chi connectivity index (χ3n) is 3.49. The van der Waals surface area contributed by atoms with Crippen LogP contribution in [0.5, 0.6) is 0 Å². The molecular weight excluding hydrogens is 270 g/mol. The standard InChI is InChI=1S/C11H19N3O4S/c1-2-13-6-10(5-12-13)19(17,18)14-4-3-9(8-15)11(16)7-14/h5-6,9,11,15-16H,2-4,7-8H2,1H3/t9-,11-/m1/s1. The van der Waals surface area contributed by atoms with Gasteiger partial charge in [0.2, 0.25) is 10.0 Å². The lowest BCUT2D eigenvalue weighted by molar-refractivity contribution is 0.0222. The van der Waals surface area contributed by atoms with Crippen LogP contribution in [0.4, 0.5) is 0 Å². The molecule has 2 N–H and O–H groups in total. The smallest absolute Gasteiger partial charge is 0.246 e. The highest BCUT2D eigenvalue weighted by Crippen LogP contribution is 2.23. The molecule has 0 spiro atoms. The molecule has 2 heterocycles. The molecule has 1 aliphatic rings. The lowest BCUT2D eigenvalue weighted by atomic mass is 9.96. The van der Waals surface area contributed by atoms with Gasteiger partial charge in [0.15, 0.2) is 0 Å². The topological polar surface area (TPSA) is 95.7 Å². The lowest BCUT2D eigenvalue weighted by Gasteiger charge is -2.33. The Kier molecular flexibility index (Phi) is 4.24. The molecular formula is C11H19N3O4S. The van der Waals surface area contributed by atoms with Gasteiger partial charge in [-0.15, -0.1) is 0 Å². The second kappa shape index (κ2) is 5.58. The van der Waals surface area contributed by atoms with Gasteiger partial charge in [0.1, 0.15) is 4.90 Å². The number of aliphatic hydroxyl groups is 2. The van der Waals surface area contributed by atoms with Crippen molar-refractivity contribution in [3.05, 3.63) is 12.4 Å². The zero-order valence-electron chi connectivity index (χ0n) is 10.8. The normalized spacial score (nSPS) is 25.6. The number of rotatable bonds is 4. The van der Waals surface area contributed by atoms with Crippen LogP contribution in [0.3, 0.4) is 0 Å². The number of aromatic nitrogens is 2. The Morgan fingerprint density at radius 2 is 2.26 bits per heavy atom. The molecule has 108 valence electrons. The first-order chi connectivity index (χ1) is 8.98. The quantitative estimate of drug-likeness (QED) is 0.761. The molecule has 0 saturated carbocycles. The Balaban J connectivity index is 2.17. The van der Waals surface area contributed by atoms with Crippen LogP contribution >= 0.6 is 0 Å². The van der Waals surface area contributed by atoms with Gasteiger partial charge in [0, 0.05) is 38.4 Å². The second-order valence-electron chi connectivity index (χ2n) is 4.69. The highest BCUT2D eigenvalue weighted by molar-refractivity contribution is 7.89. The Morgan fingerprint density at radius 1 is 1.53 bits per heavy atom. The maximum Gasteiger partial charge on any atom is 0.246 e. The molecule has 1 saturated heterocycles. The Morgan fingerprint density at radius 3 is 2.79 bits per heavy atom. The lowest BCUT2D eigenvalue weighted by Crippen LogP contribution is -2.47. The van der Waals surface area contributed by atoms with E-state index >= 15 is 0 Å². The van der Waals surface area contributed by atoms with E-state index in [2.05, 4.69) is 5.10 Å². The third kappa shape index (κ3) is 2.81. The number of nitrogens with zero attached hydrogens (tertiary/aromatic N) is 3. The van der Waals surface area contributed by atoms with Gasteiger partial charge in [-0.2, -0.15) is 9.40 Å². The molecule has 0 aliphatic carbocycles. The molecule has 1 fully saturated rings. The number of β-amino-alcohol motifs (C(OH)–C–C–N with tert-alkyl or cyclic N) is 1. The monoisotopic (exact) mass is 289 g/mol. The van der Waals surface area contributed by atoms with E-state index in [0.29, 0.717) is 19.5 Å². The average Bonchev–Trinajstić information content (AvgIpc) is 2.88. The van der Waals surface area contributed by atoms with Gasteiger partial charge >= 0.3 is 0 Å². The minimum absolute atomic E-state index is 0.0187. The zero-order valence-corrected chi connectivity index (χ0v) is 11.6. The Labute approximate surface area is 112 Å². The van der Waals surface area contributed by atoms with Crippen molar-refractivity contribution in [2.24, 2.45) is 5.92 Å². The summed E-state index contributed by atoms with van der Waals surface area (Å²) in [5, 5.41) is 22.8. The number of hydrogen-bond acceptors (Lipinski definition) is 5. The molecule has 0 aromatic carbocycles. The second-order valence-corrected chi connectivity index (χ2v) is 6.63. The largest absolute Gasteiger partial charge is 0.396 e. The summed E-state index contributed by atoms with van der Waals surface area (Å²) in [6.07, 6.45) is 2.44. The molecule has 2 atom stereocenters. The number of aryl methyl sites for hydroxylation is 1. The number of piperidine rings is 1. The van der Waals surface area contributed by atoms with Crippen LogP contribution in [-0.4, -0.2) is 58.5 Å². The van der Waals surface area contributed by atoms with Crippen molar-refractivity contribution in [3.8, 4) is 0 Å². The molecule has 1 aromatic heterocycles.